The van der Waals surface area contributed by atoms with Crippen molar-refractivity contribution in [2.45, 2.75) is 0 Å². The van der Waals surface area contributed by atoms with Crippen molar-refractivity contribution >= 4 is 46.4 Å². The Labute approximate surface area is 112 Å². The summed E-state index contributed by atoms with van der Waals surface area (Å²) in [5, 5.41) is 3.49. The predicted octanol–water partition coefficient (Wildman–Crippen LogP) is 4.49. The molecule has 1 N–H and O–H groups in total. The van der Waals surface area contributed by atoms with E-state index in [1.54, 1.807) is 12.1 Å². The van der Waals surface area contributed by atoms with Crippen LogP contribution in [0.25, 0.3) is 0 Å². The monoisotopic (exact) mass is 289 g/mol. The van der Waals surface area contributed by atoms with Gasteiger partial charge in [0.15, 0.2) is 0 Å². The average molecular weight is 291 g/mol. The molecule has 88 valence electrons. The maximum Gasteiger partial charge on any atom is 0.260 e. The molecule has 0 saturated heterocycles. The van der Waals surface area contributed by atoms with Crippen molar-refractivity contribution < 1.29 is 9.21 Å². The number of carbonyl (C=O) groups is 1. The van der Waals surface area contributed by atoms with Crippen LogP contribution < -0.4 is 5.32 Å². The Morgan fingerprint density at radius 1 is 1.18 bits per heavy atom. The summed E-state index contributed by atoms with van der Waals surface area (Å²) in [5.74, 6) is -0.395. The molecule has 0 aliphatic carbocycles. The number of anilines is 1. The van der Waals surface area contributed by atoms with Gasteiger partial charge >= 0.3 is 0 Å². The summed E-state index contributed by atoms with van der Waals surface area (Å²) in [6.45, 7) is 0. The molecule has 6 heteroatoms. The lowest BCUT2D eigenvalue weighted by molar-refractivity contribution is 0.102. The molecule has 0 radical (unpaired) electrons. The van der Waals surface area contributed by atoms with Crippen LogP contribution in [0.3, 0.4) is 0 Å². The Morgan fingerprint density at radius 2 is 1.94 bits per heavy atom. The molecule has 1 heterocycles. The highest BCUT2D eigenvalue weighted by molar-refractivity contribution is 6.37. The van der Waals surface area contributed by atoms with Gasteiger partial charge in [-0.2, -0.15) is 0 Å². The van der Waals surface area contributed by atoms with Crippen molar-refractivity contribution in [3.8, 4) is 0 Å². The highest BCUT2D eigenvalue weighted by Gasteiger charge is 2.14. The number of carbonyl (C=O) groups excluding carboxylic acids is 1. The average Bonchev–Trinajstić information content (AvgIpc) is 2.68. The van der Waals surface area contributed by atoms with Gasteiger partial charge < -0.3 is 9.73 Å². The predicted molar refractivity (Wildman–Crippen MR) is 68.1 cm³/mol. The van der Waals surface area contributed by atoms with Gasteiger partial charge in [0.1, 0.15) is 0 Å². The number of hydrogen-bond donors (Lipinski definition) is 1. The summed E-state index contributed by atoms with van der Waals surface area (Å²) in [6, 6.07) is 6.24. The lowest BCUT2D eigenvalue weighted by Crippen LogP contribution is -2.11. The highest BCUT2D eigenvalue weighted by Crippen LogP contribution is 2.26. The highest BCUT2D eigenvalue weighted by atomic mass is 35.5. The van der Waals surface area contributed by atoms with Crippen LogP contribution in [0.4, 0.5) is 5.69 Å². The van der Waals surface area contributed by atoms with Gasteiger partial charge in [0.05, 0.1) is 22.5 Å². The van der Waals surface area contributed by atoms with Crippen LogP contribution in [-0.2, 0) is 0 Å². The molecule has 0 spiro atoms. The summed E-state index contributed by atoms with van der Waals surface area (Å²) in [7, 11) is 0. The number of nitrogens with one attached hydrogen (secondary N) is 1. The second kappa shape index (κ2) is 5.00. The zero-order valence-corrected chi connectivity index (χ0v) is 10.6. The molecule has 1 aromatic heterocycles. The van der Waals surface area contributed by atoms with Crippen molar-refractivity contribution in [2.75, 3.05) is 5.32 Å². The van der Waals surface area contributed by atoms with Gasteiger partial charge in [-0.15, -0.1) is 0 Å². The van der Waals surface area contributed by atoms with E-state index in [0.717, 1.165) is 0 Å². The van der Waals surface area contributed by atoms with Crippen LogP contribution in [0.1, 0.15) is 10.4 Å². The molecule has 0 saturated carbocycles. The maximum absolute atomic E-state index is 11.8. The third kappa shape index (κ3) is 2.75. The van der Waals surface area contributed by atoms with E-state index in [0.29, 0.717) is 15.7 Å². The fourth-order valence-corrected chi connectivity index (χ4v) is 1.89. The Balaban J connectivity index is 2.22. The maximum atomic E-state index is 11.8. The molecule has 17 heavy (non-hydrogen) atoms. The minimum Gasteiger partial charge on any atom is -0.452 e. The van der Waals surface area contributed by atoms with E-state index in [4.69, 9.17) is 39.2 Å². The first-order valence-corrected chi connectivity index (χ1v) is 5.70. The lowest BCUT2D eigenvalue weighted by atomic mass is 10.2. The minimum atomic E-state index is -0.395. The lowest BCUT2D eigenvalue weighted by Gasteiger charge is -2.06. The molecule has 0 aliphatic rings. The molecule has 0 atom stereocenters. The van der Waals surface area contributed by atoms with E-state index in [1.165, 1.54) is 18.4 Å². The van der Waals surface area contributed by atoms with Gasteiger partial charge in [0.25, 0.3) is 5.91 Å². The first kappa shape index (κ1) is 12.3. The number of benzene rings is 1. The van der Waals surface area contributed by atoms with E-state index in [-0.39, 0.29) is 10.8 Å². The molecule has 2 aromatic rings. The largest absolute Gasteiger partial charge is 0.452 e. The normalized spacial score (nSPS) is 10.3. The SMILES string of the molecule is O=C(Nc1ccc(Cl)cc1Cl)c1ccoc1Cl. The first-order valence-electron chi connectivity index (χ1n) is 4.57. The van der Waals surface area contributed by atoms with Gasteiger partial charge in [-0.05, 0) is 35.9 Å². The molecule has 3 nitrogen and oxygen atoms in total. The molecule has 1 aromatic carbocycles. The van der Waals surface area contributed by atoms with Crippen LogP contribution in [0, 0.1) is 0 Å². The Hall–Kier alpha value is -1.16. The van der Waals surface area contributed by atoms with Crippen LogP contribution >= 0.6 is 34.8 Å². The van der Waals surface area contributed by atoms with Crippen molar-refractivity contribution in [2.24, 2.45) is 0 Å². The van der Waals surface area contributed by atoms with Crippen LogP contribution in [-0.4, -0.2) is 5.91 Å². The molecular weight excluding hydrogens is 284 g/mol. The number of hydrogen-bond acceptors (Lipinski definition) is 2. The van der Waals surface area contributed by atoms with Crippen LogP contribution in [0.15, 0.2) is 34.9 Å². The third-order valence-corrected chi connectivity index (χ3v) is 2.88. The summed E-state index contributed by atoms with van der Waals surface area (Å²) >= 11 is 17.3. The quantitative estimate of drug-likeness (QED) is 0.885. The molecular formula is C11H6Cl3NO2. The molecule has 0 unspecified atom stereocenters. The van der Waals surface area contributed by atoms with Crippen LogP contribution in [0.2, 0.25) is 15.3 Å². The van der Waals surface area contributed by atoms with E-state index < -0.39 is 5.91 Å². The van der Waals surface area contributed by atoms with Gasteiger partial charge in [0, 0.05) is 5.02 Å². The smallest absolute Gasteiger partial charge is 0.260 e. The summed E-state index contributed by atoms with van der Waals surface area (Å²) in [4.78, 5) is 11.8. The van der Waals surface area contributed by atoms with Crippen molar-refractivity contribution in [1.29, 1.82) is 0 Å². The molecule has 2 rings (SSSR count). The van der Waals surface area contributed by atoms with Crippen LogP contribution in [0.5, 0.6) is 0 Å². The van der Waals surface area contributed by atoms with Crippen molar-refractivity contribution in [1.82, 2.24) is 0 Å². The topological polar surface area (TPSA) is 42.2 Å². The second-order valence-corrected chi connectivity index (χ2v) is 4.37. The van der Waals surface area contributed by atoms with Crippen molar-refractivity contribution in [3.05, 3.63) is 51.4 Å². The zero-order chi connectivity index (χ0) is 12.4. The number of halogens is 3. The van der Waals surface area contributed by atoms with Gasteiger partial charge in [-0.25, -0.2) is 0 Å². The fraction of sp³-hybridized carbons (Fsp3) is 0. The van der Waals surface area contributed by atoms with E-state index in [2.05, 4.69) is 5.32 Å². The Bertz CT molecular complexity index is 566. The summed E-state index contributed by atoms with van der Waals surface area (Å²) < 4.78 is 4.82. The number of amides is 1. The molecule has 0 bridgehead atoms. The second-order valence-electron chi connectivity index (χ2n) is 3.19. The Morgan fingerprint density at radius 3 is 2.53 bits per heavy atom. The van der Waals surface area contributed by atoms with Gasteiger partial charge in [-0.3, -0.25) is 4.79 Å². The minimum absolute atomic E-state index is 0.0348. The fourth-order valence-electron chi connectivity index (χ4n) is 1.24. The van der Waals surface area contributed by atoms with E-state index in [9.17, 15) is 4.79 Å². The number of rotatable bonds is 2. The molecule has 1 amide bonds. The van der Waals surface area contributed by atoms with E-state index >= 15 is 0 Å². The zero-order valence-electron chi connectivity index (χ0n) is 8.34. The molecule has 0 aliphatic heterocycles. The molecule has 0 fully saturated rings. The number of furan rings is 1. The Kier molecular flexibility index (Phi) is 3.62. The van der Waals surface area contributed by atoms with Crippen molar-refractivity contribution in [3.63, 3.8) is 0 Å². The van der Waals surface area contributed by atoms with Gasteiger partial charge in [-0.1, -0.05) is 23.2 Å². The summed E-state index contributed by atoms with van der Waals surface area (Å²) in [5.41, 5.74) is 0.705. The summed E-state index contributed by atoms with van der Waals surface area (Å²) in [6.07, 6.45) is 1.33. The first-order chi connectivity index (χ1) is 8.08. The third-order valence-electron chi connectivity index (χ3n) is 2.04. The van der Waals surface area contributed by atoms with Gasteiger partial charge in [0.2, 0.25) is 5.22 Å². The van der Waals surface area contributed by atoms with E-state index in [1.807, 2.05) is 0 Å². The standard InChI is InChI=1S/C11H6Cl3NO2/c12-6-1-2-9(8(13)5-6)15-11(16)7-3-4-17-10(7)14/h1-5H,(H,15,16).